The van der Waals surface area contributed by atoms with Crippen molar-refractivity contribution in [3.63, 3.8) is 0 Å². The van der Waals surface area contributed by atoms with Crippen molar-refractivity contribution >= 4 is 17.6 Å². The van der Waals surface area contributed by atoms with Gasteiger partial charge in [-0.2, -0.15) is 0 Å². The lowest BCUT2D eigenvalue weighted by atomic mass is 10.2. The minimum atomic E-state index is -1.19. The van der Waals surface area contributed by atoms with Crippen LogP contribution in [-0.2, 0) is 9.53 Å². The maximum Gasteiger partial charge on any atom is 0.335 e. The van der Waals surface area contributed by atoms with Crippen LogP contribution in [-0.4, -0.2) is 30.7 Å². The molecule has 0 aliphatic carbocycles. The third-order valence-corrected chi connectivity index (χ3v) is 2.26. The lowest BCUT2D eigenvalue weighted by molar-refractivity contribution is -0.140. The molecule has 0 aliphatic heterocycles. The van der Waals surface area contributed by atoms with Gasteiger partial charge in [-0.05, 0) is 24.6 Å². The minimum absolute atomic E-state index is 0.120. The Bertz CT molecular complexity index is 448. The van der Waals surface area contributed by atoms with E-state index in [1.165, 1.54) is 19.2 Å². The van der Waals surface area contributed by atoms with Gasteiger partial charge in [0.1, 0.15) is 5.82 Å². The van der Waals surface area contributed by atoms with E-state index < -0.39 is 11.8 Å². The Hall–Kier alpha value is -2.11. The minimum Gasteiger partial charge on any atom is -0.478 e. The van der Waals surface area contributed by atoms with Crippen LogP contribution in [0, 0.1) is 5.82 Å². The number of nitrogens with one attached hydrogen (secondary N) is 1. The Morgan fingerprint density at radius 3 is 2.72 bits per heavy atom. The fourth-order valence-corrected chi connectivity index (χ4v) is 1.38. The normalized spacial score (nSPS) is 9.89. The average molecular weight is 255 g/mol. The van der Waals surface area contributed by atoms with Crippen molar-refractivity contribution in [2.75, 3.05) is 19.0 Å². The molecule has 0 saturated carbocycles. The monoisotopic (exact) mass is 255 g/mol. The summed E-state index contributed by atoms with van der Waals surface area (Å²) < 4.78 is 17.6. The standard InChI is InChI=1S/C12H14FNO4/c1-18-11(15)3-2-4-14-10-6-8(12(16)17)5-9(13)7-10/h5-7,14H,2-4H2,1H3,(H,16,17). The summed E-state index contributed by atoms with van der Waals surface area (Å²) in [7, 11) is 1.31. The highest BCUT2D eigenvalue weighted by atomic mass is 19.1. The fraction of sp³-hybridized carbons (Fsp3) is 0.333. The van der Waals surface area contributed by atoms with E-state index in [9.17, 15) is 14.0 Å². The molecule has 0 unspecified atom stereocenters. The van der Waals surface area contributed by atoms with Gasteiger partial charge in [-0.3, -0.25) is 4.79 Å². The smallest absolute Gasteiger partial charge is 0.335 e. The molecule has 18 heavy (non-hydrogen) atoms. The first-order valence-corrected chi connectivity index (χ1v) is 5.37. The molecule has 0 atom stereocenters. The van der Waals surface area contributed by atoms with Gasteiger partial charge in [-0.25, -0.2) is 9.18 Å². The van der Waals surface area contributed by atoms with Crippen LogP contribution in [0.1, 0.15) is 23.2 Å². The highest BCUT2D eigenvalue weighted by Crippen LogP contribution is 2.14. The molecule has 0 aliphatic rings. The first-order chi connectivity index (χ1) is 8.52. The number of carbonyl (C=O) groups excluding carboxylic acids is 1. The first kappa shape index (κ1) is 14.0. The van der Waals surface area contributed by atoms with Gasteiger partial charge in [-0.15, -0.1) is 0 Å². The lowest BCUT2D eigenvalue weighted by Gasteiger charge is -2.07. The number of halogens is 1. The molecule has 0 saturated heterocycles. The van der Waals surface area contributed by atoms with Crippen LogP contribution in [0.3, 0.4) is 0 Å². The summed E-state index contributed by atoms with van der Waals surface area (Å²) in [6, 6.07) is 3.48. The molecule has 0 bridgehead atoms. The second-order valence-electron chi connectivity index (χ2n) is 3.64. The van der Waals surface area contributed by atoms with Gasteiger partial charge in [0, 0.05) is 18.7 Å². The zero-order valence-corrected chi connectivity index (χ0v) is 9.90. The number of ether oxygens (including phenoxy) is 1. The summed E-state index contributed by atoms with van der Waals surface area (Å²) in [6.45, 7) is 0.428. The van der Waals surface area contributed by atoms with Crippen molar-refractivity contribution in [2.45, 2.75) is 12.8 Å². The molecule has 0 amide bonds. The van der Waals surface area contributed by atoms with Gasteiger partial charge in [0.05, 0.1) is 12.7 Å². The molecule has 0 fully saturated rings. The van der Waals surface area contributed by atoms with Crippen molar-refractivity contribution in [3.05, 3.63) is 29.6 Å². The maximum absolute atomic E-state index is 13.1. The number of benzene rings is 1. The third-order valence-electron chi connectivity index (χ3n) is 2.26. The largest absolute Gasteiger partial charge is 0.478 e. The molecule has 0 spiro atoms. The van der Waals surface area contributed by atoms with Crippen molar-refractivity contribution in [3.8, 4) is 0 Å². The van der Waals surface area contributed by atoms with Gasteiger partial charge in [0.25, 0.3) is 0 Å². The van der Waals surface area contributed by atoms with Crippen molar-refractivity contribution in [1.82, 2.24) is 0 Å². The van der Waals surface area contributed by atoms with E-state index in [1.54, 1.807) is 0 Å². The second-order valence-corrected chi connectivity index (χ2v) is 3.64. The van der Waals surface area contributed by atoms with Crippen LogP contribution < -0.4 is 5.32 Å². The number of carboxylic acids is 1. The Balaban J connectivity index is 2.52. The van der Waals surface area contributed by atoms with Crippen LogP contribution in [0.5, 0.6) is 0 Å². The molecule has 5 nitrogen and oxygen atoms in total. The molecule has 1 aromatic carbocycles. The summed E-state index contributed by atoms with van der Waals surface area (Å²) in [5.74, 6) is -2.13. The Labute approximate surface area is 104 Å². The predicted molar refractivity (Wildman–Crippen MR) is 63.1 cm³/mol. The van der Waals surface area contributed by atoms with Gasteiger partial charge < -0.3 is 15.2 Å². The third kappa shape index (κ3) is 4.40. The van der Waals surface area contributed by atoms with Gasteiger partial charge >= 0.3 is 11.9 Å². The molecule has 0 heterocycles. The van der Waals surface area contributed by atoms with Crippen LogP contribution in [0.2, 0.25) is 0 Å². The summed E-state index contributed by atoms with van der Waals surface area (Å²) in [6.07, 6.45) is 0.774. The van der Waals surface area contributed by atoms with Crippen molar-refractivity contribution in [1.29, 1.82) is 0 Å². The number of carboxylic acid groups (broad SMARTS) is 1. The molecule has 1 rings (SSSR count). The van der Waals surface area contributed by atoms with Gasteiger partial charge in [0.2, 0.25) is 0 Å². The maximum atomic E-state index is 13.1. The summed E-state index contributed by atoms with van der Waals surface area (Å²) in [5, 5.41) is 11.6. The quantitative estimate of drug-likeness (QED) is 0.599. The topological polar surface area (TPSA) is 75.6 Å². The van der Waals surface area contributed by atoms with Crippen molar-refractivity contribution < 1.29 is 23.8 Å². The average Bonchev–Trinajstić information content (AvgIpc) is 2.33. The predicted octanol–water partition coefficient (Wildman–Crippen LogP) is 1.89. The van der Waals surface area contributed by atoms with E-state index in [0.29, 0.717) is 18.7 Å². The van der Waals surface area contributed by atoms with E-state index >= 15 is 0 Å². The van der Waals surface area contributed by atoms with E-state index in [1.807, 2.05) is 0 Å². The SMILES string of the molecule is COC(=O)CCCNc1cc(F)cc(C(=O)O)c1. The van der Waals surface area contributed by atoms with E-state index in [2.05, 4.69) is 10.1 Å². The highest BCUT2D eigenvalue weighted by Gasteiger charge is 2.07. The molecule has 2 N–H and O–H groups in total. The van der Waals surface area contributed by atoms with Gasteiger partial charge in [0.15, 0.2) is 0 Å². The van der Waals surface area contributed by atoms with Crippen LogP contribution in [0.25, 0.3) is 0 Å². The zero-order chi connectivity index (χ0) is 13.5. The van der Waals surface area contributed by atoms with Crippen molar-refractivity contribution in [2.24, 2.45) is 0 Å². The van der Waals surface area contributed by atoms with Crippen LogP contribution in [0.4, 0.5) is 10.1 Å². The van der Waals surface area contributed by atoms with Crippen LogP contribution >= 0.6 is 0 Å². The molecular formula is C12H14FNO4. The van der Waals surface area contributed by atoms with Crippen LogP contribution in [0.15, 0.2) is 18.2 Å². The molecular weight excluding hydrogens is 241 g/mol. The molecule has 98 valence electrons. The number of anilines is 1. The van der Waals surface area contributed by atoms with E-state index in [0.717, 1.165) is 6.07 Å². The number of hydrogen-bond donors (Lipinski definition) is 2. The first-order valence-electron chi connectivity index (χ1n) is 5.37. The second kappa shape index (κ2) is 6.58. The number of carbonyl (C=O) groups is 2. The summed E-state index contributed by atoms with van der Waals surface area (Å²) >= 11 is 0. The summed E-state index contributed by atoms with van der Waals surface area (Å²) in [4.78, 5) is 21.5. The lowest BCUT2D eigenvalue weighted by Crippen LogP contribution is -2.07. The number of methoxy groups -OCH3 is 1. The zero-order valence-electron chi connectivity index (χ0n) is 9.90. The number of hydrogen-bond acceptors (Lipinski definition) is 4. The number of rotatable bonds is 6. The number of esters is 1. The molecule has 6 heteroatoms. The fourth-order valence-electron chi connectivity index (χ4n) is 1.38. The van der Waals surface area contributed by atoms with E-state index in [4.69, 9.17) is 5.11 Å². The number of aromatic carboxylic acids is 1. The van der Waals surface area contributed by atoms with Gasteiger partial charge in [-0.1, -0.05) is 0 Å². The highest BCUT2D eigenvalue weighted by molar-refractivity contribution is 5.88. The molecule has 0 radical (unpaired) electrons. The Kier molecular flexibility index (Phi) is 5.10. The van der Waals surface area contributed by atoms with E-state index in [-0.39, 0.29) is 18.0 Å². The molecule has 1 aromatic rings. The summed E-state index contributed by atoms with van der Waals surface area (Å²) in [5.41, 5.74) is 0.253. The Morgan fingerprint density at radius 1 is 1.39 bits per heavy atom. The Morgan fingerprint density at radius 2 is 2.11 bits per heavy atom. The molecule has 0 aromatic heterocycles.